The number of halogens is 1. The summed E-state index contributed by atoms with van der Waals surface area (Å²) < 4.78 is 26.6. The highest BCUT2D eigenvalue weighted by atomic mass is 35.5. The van der Waals surface area contributed by atoms with E-state index in [0.717, 1.165) is 0 Å². The number of anilines is 2. The molecule has 0 aliphatic rings. The summed E-state index contributed by atoms with van der Waals surface area (Å²) in [4.78, 5) is 3.76. The number of nitrogens with zero attached hydrogens (tertiary/aromatic N) is 1. The molecule has 7 heteroatoms. The van der Waals surface area contributed by atoms with E-state index < -0.39 is 10.0 Å². The van der Waals surface area contributed by atoms with Gasteiger partial charge < -0.3 is 5.73 Å². The lowest BCUT2D eigenvalue weighted by atomic mass is 10.3. The van der Waals surface area contributed by atoms with Crippen molar-refractivity contribution in [3.8, 4) is 0 Å². The fraction of sp³-hybridized carbons (Fsp3) is 0. The van der Waals surface area contributed by atoms with Gasteiger partial charge in [0.25, 0.3) is 10.0 Å². The fourth-order valence-corrected chi connectivity index (χ4v) is 2.81. The minimum Gasteiger partial charge on any atom is -0.398 e. The molecule has 1 aromatic heterocycles. The predicted octanol–water partition coefficient (Wildman–Crippen LogP) is 2.12. The number of hydrogen-bond acceptors (Lipinski definition) is 4. The highest BCUT2D eigenvalue weighted by Crippen LogP contribution is 2.24. The molecule has 0 radical (unpaired) electrons. The topological polar surface area (TPSA) is 85.1 Å². The smallest absolute Gasteiger partial charge is 0.264 e. The van der Waals surface area contributed by atoms with Gasteiger partial charge in [-0.1, -0.05) is 11.6 Å². The SMILES string of the molecule is Nc1ccc(Cl)cc1S(=O)(=O)Nc1cccnc1. The van der Waals surface area contributed by atoms with E-state index in [4.69, 9.17) is 17.3 Å². The van der Waals surface area contributed by atoms with Crippen LogP contribution in [0.15, 0.2) is 47.6 Å². The number of benzene rings is 1. The number of sulfonamides is 1. The quantitative estimate of drug-likeness (QED) is 0.845. The van der Waals surface area contributed by atoms with E-state index in [9.17, 15) is 8.42 Å². The molecular formula is C11H10ClN3O2S. The number of nitrogen functional groups attached to an aromatic ring is 1. The van der Waals surface area contributed by atoms with Crippen molar-refractivity contribution in [3.05, 3.63) is 47.7 Å². The van der Waals surface area contributed by atoms with E-state index >= 15 is 0 Å². The van der Waals surface area contributed by atoms with Crippen molar-refractivity contribution in [2.45, 2.75) is 4.90 Å². The Balaban J connectivity index is 2.40. The molecule has 3 N–H and O–H groups in total. The van der Waals surface area contributed by atoms with Gasteiger partial charge in [-0.2, -0.15) is 0 Å². The molecule has 0 spiro atoms. The van der Waals surface area contributed by atoms with Crippen molar-refractivity contribution in [1.82, 2.24) is 4.98 Å². The fourth-order valence-electron chi connectivity index (χ4n) is 1.37. The monoisotopic (exact) mass is 283 g/mol. The Morgan fingerprint density at radius 2 is 2.06 bits per heavy atom. The Hall–Kier alpha value is -1.79. The number of nitrogens with two attached hydrogens (primary N) is 1. The lowest BCUT2D eigenvalue weighted by Gasteiger charge is -2.09. The van der Waals surface area contributed by atoms with Crippen LogP contribution in [0.5, 0.6) is 0 Å². The van der Waals surface area contributed by atoms with Gasteiger partial charge in [0.2, 0.25) is 0 Å². The van der Waals surface area contributed by atoms with Crippen molar-refractivity contribution in [3.63, 3.8) is 0 Å². The zero-order chi connectivity index (χ0) is 13.2. The maximum absolute atomic E-state index is 12.1. The standard InChI is InChI=1S/C11H10ClN3O2S/c12-8-3-4-10(13)11(6-8)18(16,17)15-9-2-1-5-14-7-9/h1-7,15H,13H2. The van der Waals surface area contributed by atoms with Gasteiger partial charge in [-0.15, -0.1) is 0 Å². The molecule has 0 atom stereocenters. The maximum Gasteiger partial charge on any atom is 0.264 e. The largest absolute Gasteiger partial charge is 0.398 e. The number of pyridine rings is 1. The van der Waals surface area contributed by atoms with Crippen LogP contribution in [0, 0.1) is 0 Å². The third-order valence-electron chi connectivity index (χ3n) is 2.18. The van der Waals surface area contributed by atoms with Gasteiger partial charge in [-0.05, 0) is 30.3 Å². The van der Waals surface area contributed by atoms with E-state index in [1.165, 1.54) is 24.4 Å². The Morgan fingerprint density at radius 3 is 2.72 bits per heavy atom. The van der Waals surface area contributed by atoms with Gasteiger partial charge in [-0.25, -0.2) is 8.42 Å². The molecule has 0 unspecified atom stereocenters. The highest BCUT2D eigenvalue weighted by Gasteiger charge is 2.18. The number of hydrogen-bond donors (Lipinski definition) is 2. The number of nitrogens with one attached hydrogen (secondary N) is 1. The summed E-state index contributed by atoms with van der Waals surface area (Å²) in [5.74, 6) is 0. The predicted molar refractivity (Wildman–Crippen MR) is 70.9 cm³/mol. The van der Waals surface area contributed by atoms with Gasteiger partial charge in [0, 0.05) is 11.2 Å². The summed E-state index contributed by atoms with van der Waals surface area (Å²) in [6.07, 6.45) is 2.95. The zero-order valence-electron chi connectivity index (χ0n) is 9.17. The first-order chi connectivity index (χ1) is 8.49. The third kappa shape index (κ3) is 2.72. The molecule has 0 amide bonds. The van der Waals surface area contributed by atoms with Crippen LogP contribution >= 0.6 is 11.6 Å². The minimum absolute atomic E-state index is 0.0566. The van der Waals surface area contributed by atoms with Crippen molar-refractivity contribution < 1.29 is 8.42 Å². The van der Waals surface area contributed by atoms with Gasteiger partial charge >= 0.3 is 0 Å². The molecule has 0 fully saturated rings. The molecule has 18 heavy (non-hydrogen) atoms. The summed E-state index contributed by atoms with van der Waals surface area (Å²) in [5, 5.41) is 0.302. The van der Waals surface area contributed by atoms with E-state index in [2.05, 4.69) is 9.71 Å². The Kier molecular flexibility index (Phi) is 3.40. The van der Waals surface area contributed by atoms with Crippen molar-refractivity contribution in [1.29, 1.82) is 0 Å². The number of aromatic nitrogens is 1. The molecule has 2 aromatic rings. The summed E-state index contributed by atoms with van der Waals surface area (Å²) in [7, 11) is -3.77. The van der Waals surface area contributed by atoms with Crippen LogP contribution in [0.25, 0.3) is 0 Å². The second kappa shape index (κ2) is 4.83. The molecule has 0 aliphatic carbocycles. The van der Waals surface area contributed by atoms with Crippen LogP contribution in [-0.2, 0) is 10.0 Å². The Bertz CT molecular complexity index is 659. The van der Waals surface area contributed by atoms with Gasteiger partial charge in [0.15, 0.2) is 0 Å². The molecule has 1 heterocycles. The van der Waals surface area contributed by atoms with Crippen LogP contribution in [-0.4, -0.2) is 13.4 Å². The normalized spacial score (nSPS) is 11.2. The third-order valence-corrected chi connectivity index (χ3v) is 3.85. The van der Waals surface area contributed by atoms with Crippen molar-refractivity contribution in [2.24, 2.45) is 0 Å². The van der Waals surface area contributed by atoms with Crippen molar-refractivity contribution >= 4 is 33.0 Å². The molecule has 0 saturated carbocycles. The summed E-state index contributed by atoms with van der Waals surface area (Å²) >= 11 is 5.77. The van der Waals surface area contributed by atoms with E-state index in [1.807, 2.05) is 0 Å². The molecular weight excluding hydrogens is 274 g/mol. The second-order valence-corrected chi connectivity index (χ2v) is 5.62. The van der Waals surface area contributed by atoms with Gasteiger partial charge in [-0.3, -0.25) is 9.71 Å². The molecule has 2 rings (SSSR count). The zero-order valence-corrected chi connectivity index (χ0v) is 10.7. The molecule has 94 valence electrons. The first-order valence-corrected chi connectivity index (χ1v) is 6.83. The minimum atomic E-state index is -3.77. The Morgan fingerprint density at radius 1 is 1.28 bits per heavy atom. The van der Waals surface area contributed by atoms with Gasteiger partial charge in [0.05, 0.1) is 17.6 Å². The molecule has 0 bridgehead atoms. The number of rotatable bonds is 3. The lowest BCUT2D eigenvalue weighted by Crippen LogP contribution is -2.14. The first-order valence-electron chi connectivity index (χ1n) is 4.97. The molecule has 1 aromatic carbocycles. The van der Waals surface area contributed by atoms with Crippen LogP contribution in [0.3, 0.4) is 0 Å². The Labute approximate surface area is 110 Å². The lowest BCUT2D eigenvalue weighted by molar-refractivity contribution is 0.601. The van der Waals surface area contributed by atoms with E-state index in [1.54, 1.807) is 18.3 Å². The average Bonchev–Trinajstić information content (AvgIpc) is 2.33. The van der Waals surface area contributed by atoms with Crippen molar-refractivity contribution in [2.75, 3.05) is 10.5 Å². The van der Waals surface area contributed by atoms with Crippen LogP contribution in [0.1, 0.15) is 0 Å². The molecule has 0 aliphatic heterocycles. The van der Waals surface area contributed by atoms with E-state index in [0.29, 0.717) is 10.7 Å². The van der Waals surface area contributed by atoms with Crippen LogP contribution < -0.4 is 10.5 Å². The molecule has 5 nitrogen and oxygen atoms in total. The summed E-state index contributed by atoms with van der Waals surface area (Å²) in [6, 6.07) is 7.49. The molecule has 0 saturated heterocycles. The maximum atomic E-state index is 12.1. The highest BCUT2D eigenvalue weighted by molar-refractivity contribution is 7.92. The summed E-state index contributed by atoms with van der Waals surface area (Å²) in [6.45, 7) is 0. The van der Waals surface area contributed by atoms with Crippen LogP contribution in [0.2, 0.25) is 5.02 Å². The van der Waals surface area contributed by atoms with Gasteiger partial charge in [0.1, 0.15) is 4.90 Å². The van der Waals surface area contributed by atoms with Crippen LogP contribution in [0.4, 0.5) is 11.4 Å². The average molecular weight is 284 g/mol. The first kappa shape index (κ1) is 12.7. The van der Waals surface area contributed by atoms with E-state index in [-0.39, 0.29) is 10.6 Å². The summed E-state index contributed by atoms with van der Waals surface area (Å²) in [5.41, 5.74) is 6.13. The second-order valence-electron chi connectivity index (χ2n) is 3.53.